The maximum atomic E-state index is 12.2. The number of nitrogens with zero attached hydrogens (tertiary/aromatic N) is 2. The van der Waals surface area contributed by atoms with Crippen LogP contribution in [0.4, 0.5) is 18.9 Å². The Morgan fingerprint density at radius 2 is 2.15 bits per heavy atom. The molecule has 0 aliphatic carbocycles. The lowest BCUT2D eigenvalue weighted by atomic mass is 10.1. The van der Waals surface area contributed by atoms with Crippen LogP contribution in [0.25, 0.3) is 0 Å². The first-order valence-electron chi connectivity index (χ1n) is 4.83. The van der Waals surface area contributed by atoms with Gasteiger partial charge in [0, 0.05) is 0 Å². The molecule has 0 bridgehead atoms. The number of esters is 1. The van der Waals surface area contributed by atoms with Crippen molar-refractivity contribution in [3.63, 3.8) is 0 Å². The summed E-state index contributed by atoms with van der Waals surface area (Å²) in [6.07, 6.45) is -5.66. The number of carbonyl (C=O) groups excluding carboxylic acids is 1. The molecule has 0 radical (unpaired) electrons. The van der Waals surface area contributed by atoms with Gasteiger partial charge in [0.05, 0.1) is 24.7 Å². The number of ether oxygens (including phenoxy) is 2. The molecule has 110 valence electrons. The second kappa shape index (κ2) is 5.59. The van der Waals surface area contributed by atoms with E-state index in [1.54, 1.807) is 0 Å². The Hall–Kier alpha value is -2.59. The second-order valence-electron chi connectivity index (χ2n) is 3.33. The Kier molecular flexibility index (Phi) is 4.32. The average Bonchev–Trinajstić information content (AvgIpc) is 2.30. The number of aromatic hydroxyl groups is 1. The van der Waals surface area contributed by atoms with E-state index in [1.807, 2.05) is 0 Å². The minimum Gasteiger partial charge on any atom is -0.501 e. The number of carbonyl (C=O) groups is 1. The Balaban J connectivity index is 3.39. The Labute approximate surface area is 108 Å². The smallest absolute Gasteiger partial charge is 0.501 e. The summed E-state index contributed by atoms with van der Waals surface area (Å²) in [5, 5.41) is 20.0. The fraction of sp³-hybridized carbons (Fsp3) is 0.333. The number of methoxy groups -OCH3 is 1. The molecule has 0 unspecified atom stereocenters. The number of pyridine rings is 1. The van der Waals surface area contributed by atoms with Crippen LogP contribution in [0.3, 0.4) is 0 Å². The van der Waals surface area contributed by atoms with Crippen LogP contribution in [0.5, 0.6) is 11.6 Å². The third-order valence-electron chi connectivity index (χ3n) is 2.03. The maximum absolute atomic E-state index is 12.2. The number of alkyl halides is 3. The lowest BCUT2D eigenvalue weighted by Gasteiger charge is -2.12. The molecule has 0 fully saturated rings. The van der Waals surface area contributed by atoms with Crippen LogP contribution >= 0.6 is 0 Å². The van der Waals surface area contributed by atoms with Crippen molar-refractivity contribution >= 4 is 11.7 Å². The van der Waals surface area contributed by atoms with E-state index in [1.165, 1.54) is 0 Å². The maximum Gasteiger partial charge on any atom is 0.574 e. The molecule has 1 N–H and O–H groups in total. The Morgan fingerprint density at radius 3 is 2.60 bits per heavy atom. The fourth-order valence-corrected chi connectivity index (χ4v) is 1.29. The molecule has 1 aromatic rings. The van der Waals surface area contributed by atoms with Gasteiger partial charge in [0.25, 0.3) is 0 Å². The molecule has 8 nitrogen and oxygen atoms in total. The van der Waals surface area contributed by atoms with E-state index in [-0.39, 0.29) is 0 Å². The molecule has 0 aromatic carbocycles. The minimum atomic E-state index is -5.16. The summed E-state index contributed by atoms with van der Waals surface area (Å²) in [6, 6.07) is 0. The van der Waals surface area contributed by atoms with Gasteiger partial charge in [0.2, 0.25) is 11.6 Å². The number of hydrogen-bond donors (Lipinski definition) is 1. The van der Waals surface area contributed by atoms with Crippen molar-refractivity contribution in [3.05, 3.63) is 21.9 Å². The summed E-state index contributed by atoms with van der Waals surface area (Å²) in [5.41, 5.74) is -1.94. The molecule has 0 spiro atoms. The molecule has 0 saturated heterocycles. The van der Waals surface area contributed by atoms with E-state index in [4.69, 9.17) is 0 Å². The van der Waals surface area contributed by atoms with Gasteiger partial charge in [-0.3, -0.25) is 14.9 Å². The summed E-state index contributed by atoms with van der Waals surface area (Å²) in [5.74, 6) is -3.26. The summed E-state index contributed by atoms with van der Waals surface area (Å²) in [7, 11) is 0.939. The number of hydrogen-bond acceptors (Lipinski definition) is 7. The highest BCUT2D eigenvalue weighted by molar-refractivity contribution is 5.76. The van der Waals surface area contributed by atoms with Gasteiger partial charge in [-0.2, -0.15) is 0 Å². The Bertz CT molecular complexity index is 545. The third-order valence-corrected chi connectivity index (χ3v) is 2.03. The van der Waals surface area contributed by atoms with E-state index in [0.29, 0.717) is 6.20 Å². The number of rotatable bonds is 4. The summed E-state index contributed by atoms with van der Waals surface area (Å²) in [6.45, 7) is 0. The van der Waals surface area contributed by atoms with Gasteiger partial charge in [0.1, 0.15) is 5.56 Å². The van der Waals surface area contributed by atoms with Crippen molar-refractivity contribution in [2.24, 2.45) is 0 Å². The highest BCUT2D eigenvalue weighted by Crippen LogP contribution is 2.36. The molecule has 0 aliphatic heterocycles. The van der Waals surface area contributed by atoms with Crippen LogP contribution in [-0.4, -0.2) is 34.5 Å². The van der Waals surface area contributed by atoms with Gasteiger partial charge in [0.15, 0.2) is 0 Å². The van der Waals surface area contributed by atoms with E-state index >= 15 is 0 Å². The summed E-state index contributed by atoms with van der Waals surface area (Å²) < 4.78 is 44.2. The molecule has 1 aromatic heterocycles. The summed E-state index contributed by atoms with van der Waals surface area (Å²) in [4.78, 5) is 23.8. The normalized spacial score (nSPS) is 11.0. The molecule has 20 heavy (non-hydrogen) atoms. The van der Waals surface area contributed by atoms with Gasteiger partial charge in [-0.1, -0.05) is 0 Å². The van der Waals surface area contributed by atoms with Crippen molar-refractivity contribution < 1.29 is 37.5 Å². The van der Waals surface area contributed by atoms with Crippen molar-refractivity contribution in [2.75, 3.05) is 7.11 Å². The predicted molar refractivity (Wildman–Crippen MR) is 55.0 cm³/mol. The minimum absolute atomic E-state index is 0.417. The first kappa shape index (κ1) is 15.5. The van der Waals surface area contributed by atoms with Crippen molar-refractivity contribution in [1.82, 2.24) is 4.98 Å². The van der Waals surface area contributed by atoms with Gasteiger partial charge in [-0.05, 0) is 0 Å². The number of nitro groups is 1. The highest BCUT2D eigenvalue weighted by Gasteiger charge is 2.36. The topological polar surface area (TPSA) is 112 Å². The first-order valence-corrected chi connectivity index (χ1v) is 4.83. The molecule has 0 atom stereocenters. The van der Waals surface area contributed by atoms with E-state index < -0.39 is 46.6 Å². The highest BCUT2D eigenvalue weighted by atomic mass is 19.4. The molecule has 1 rings (SSSR count). The molecule has 0 amide bonds. The fourth-order valence-electron chi connectivity index (χ4n) is 1.29. The zero-order valence-corrected chi connectivity index (χ0v) is 9.80. The van der Waals surface area contributed by atoms with E-state index in [2.05, 4.69) is 14.5 Å². The predicted octanol–water partition coefficient (Wildman–Crippen LogP) is 1.31. The molecular formula is C9H7F3N2O6. The average molecular weight is 296 g/mol. The molecular weight excluding hydrogens is 289 g/mol. The quantitative estimate of drug-likeness (QED) is 0.506. The monoisotopic (exact) mass is 296 g/mol. The number of aromatic nitrogens is 1. The van der Waals surface area contributed by atoms with Gasteiger partial charge < -0.3 is 14.6 Å². The van der Waals surface area contributed by atoms with Gasteiger partial charge in [-0.25, -0.2) is 4.98 Å². The van der Waals surface area contributed by atoms with E-state index in [0.717, 1.165) is 7.11 Å². The van der Waals surface area contributed by atoms with Crippen LogP contribution in [-0.2, 0) is 16.0 Å². The largest absolute Gasteiger partial charge is 0.574 e. The second-order valence-corrected chi connectivity index (χ2v) is 3.33. The van der Waals surface area contributed by atoms with Gasteiger partial charge in [-0.15, -0.1) is 13.2 Å². The van der Waals surface area contributed by atoms with Crippen LogP contribution in [0.1, 0.15) is 5.56 Å². The number of halogens is 3. The van der Waals surface area contributed by atoms with Gasteiger partial charge >= 0.3 is 18.0 Å². The summed E-state index contributed by atoms with van der Waals surface area (Å²) >= 11 is 0. The SMILES string of the molecule is COC(=O)Cc1c(OC(F)(F)F)ncc(O)c1[N+](=O)[O-]. The van der Waals surface area contributed by atoms with E-state index in [9.17, 15) is 33.2 Å². The first-order chi connectivity index (χ1) is 9.15. The van der Waals surface area contributed by atoms with Crippen LogP contribution in [0, 0.1) is 10.1 Å². The van der Waals surface area contributed by atoms with Crippen LogP contribution in [0.15, 0.2) is 6.20 Å². The molecule has 0 aliphatic rings. The van der Waals surface area contributed by atoms with Crippen molar-refractivity contribution in [3.8, 4) is 11.6 Å². The van der Waals surface area contributed by atoms with Crippen molar-refractivity contribution in [2.45, 2.75) is 12.8 Å². The Morgan fingerprint density at radius 1 is 1.55 bits per heavy atom. The zero-order chi connectivity index (χ0) is 15.5. The molecule has 1 heterocycles. The van der Waals surface area contributed by atoms with Crippen LogP contribution < -0.4 is 4.74 Å². The lowest BCUT2D eigenvalue weighted by molar-refractivity contribution is -0.386. The zero-order valence-electron chi connectivity index (χ0n) is 9.80. The van der Waals surface area contributed by atoms with Crippen molar-refractivity contribution in [1.29, 1.82) is 0 Å². The molecule has 11 heteroatoms. The third kappa shape index (κ3) is 3.70. The molecule has 0 saturated carbocycles. The standard InChI is InChI=1S/C9H7F3N2O6/c1-19-6(16)2-4-7(14(17)18)5(15)3-13-8(4)20-9(10,11)12/h3,15H,2H2,1H3. The van der Waals surface area contributed by atoms with Crippen LogP contribution in [0.2, 0.25) is 0 Å². The lowest BCUT2D eigenvalue weighted by Crippen LogP contribution is -2.20.